The molecular weight excluding hydrogens is 603 g/mol. The Labute approximate surface area is 238 Å². The minimum Gasteiger partial charge on any atom is -0.461 e. The molecule has 0 aromatic carbocycles. The third-order valence-electron chi connectivity index (χ3n) is 5.48. The average molecular weight is 622 g/mol. The van der Waals surface area contributed by atoms with Crippen molar-refractivity contribution in [3.8, 4) is 12.1 Å². The van der Waals surface area contributed by atoms with E-state index in [0.29, 0.717) is 0 Å². The molecular formula is C22H19Cl3N4O7S2. The lowest BCUT2D eigenvalue weighted by Gasteiger charge is -2.51. The molecule has 38 heavy (non-hydrogen) atoms. The number of hydrogen-bond acceptors (Lipinski definition) is 10. The van der Waals surface area contributed by atoms with Crippen molar-refractivity contribution < 1.29 is 32.9 Å². The van der Waals surface area contributed by atoms with Gasteiger partial charge in [0.2, 0.25) is 9.70 Å². The highest BCUT2D eigenvalue weighted by Gasteiger charge is 2.60. The van der Waals surface area contributed by atoms with Crippen molar-refractivity contribution in [1.29, 1.82) is 10.5 Å². The summed E-state index contributed by atoms with van der Waals surface area (Å²) in [6, 6.07) is 5.78. The number of halogens is 3. The van der Waals surface area contributed by atoms with Gasteiger partial charge in [-0.3, -0.25) is 23.5 Å². The predicted molar refractivity (Wildman–Crippen MR) is 137 cm³/mol. The normalized spacial score (nSPS) is 22.6. The molecule has 4 atom stereocenters. The lowest BCUT2D eigenvalue weighted by molar-refractivity contribution is -0.153. The Bertz CT molecular complexity index is 1250. The Balaban J connectivity index is 2.01. The van der Waals surface area contributed by atoms with Gasteiger partial charge in [0.05, 0.1) is 34.6 Å². The molecule has 2 amide bonds. The molecule has 1 aromatic rings. The zero-order chi connectivity index (χ0) is 28.2. The van der Waals surface area contributed by atoms with E-state index < -0.39 is 79.8 Å². The minimum absolute atomic E-state index is 0.0269. The molecule has 1 fully saturated rings. The Morgan fingerprint density at radius 1 is 1.26 bits per heavy atom. The van der Waals surface area contributed by atoms with E-state index in [1.807, 2.05) is 0 Å². The maximum absolute atomic E-state index is 13.7. The number of esters is 2. The lowest BCUT2D eigenvalue weighted by atomic mass is 9.96. The van der Waals surface area contributed by atoms with Crippen LogP contribution in [0.4, 0.5) is 0 Å². The van der Waals surface area contributed by atoms with Gasteiger partial charge in [0, 0.05) is 17.4 Å². The van der Waals surface area contributed by atoms with Crippen molar-refractivity contribution in [3.63, 3.8) is 0 Å². The molecule has 0 bridgehead atoms. The van der Waals surface area contributed by atoms with Crippen LogP contribution in [-0.4, -0.2) is 66.5 Å². The number of fused-ring (bicyclic) bond motifs is 1. The van der Waals surface area contributed by atoms with Gasteiger partial charge in [0.15, 0.2) is 0 Å². The molecule has 11 nitrogen and oxygen atoms in total. The van der Waals surface area contributed by atoms with Gasteiger partial charge >= 0.3 is 11.9 Å². The van der Waals surface area contributed by atoms with Gasteiger partial charge in [0.25, 0.3) is 5.91 Å². The minimum atomic E-state index is -2.04. The van der Waals surface area contributed by atoms with Crippen LogP contribution in [0.3, 0.4) is 0 Å². The van der Waals surface area contributed by atoms with Crippen LogP contribution in [0.1, 0.15) is 18.2 Å². The molecule has 1 N–H and O–H groups in total. The van der Waals surface area contributed by atoms with E-state index in [0.717, 1.165) is 16.7 Å². The first-order valence-electron chi connectivity index (χ1n) is 10.8. The number of nitrogens with zero attached hydrogens (tertiary/aromatic N) is 3. The van der Waals surface area contributed by atoms with E-state index in [1.54, 1.807) is 29.7 Å². The molecule has 0 spiro atoms. The van der Waals surface area contributed by atoms with Crippen LogP contribution in [0.25, 0.3) is 0 Å². The highest BCUT2D eigenvalue weighted by Crippen LogP contribution is 2.41. The molecule has 2 aliphatic rings. The van der Waals surface area contributed by atoms with Gasteiger partial charge in [-0.05, 0) is 17.9 Å². The van der Waals surface area contributed by atoms with Gasteiger partial charge in [0.1, 0.15) is 36.2 Å². The number of nitriles is 2. The van der Waals surface area contributed by atoms with E-state index >= 15 is 0 Å². The van der Waals surface area contributed by atoms with E-state index in [-0.39, 0.29) is 18.4 Å². The topological polar surface area (TPSA) is 167 Å². The molecule has 3 heterocycles. The van der Waals surface area contributed by atoms with Crippen molar-refractivity contribution in [2.75, 3.05) is 13.2 Å². The summed E-state index contributed by atoms with van der Waals surface area (Å²) in [5.74, 6) is -4.42. The van der Waals surface area contributed by atoms with E-state index in [9.17, 15) is 33.9 Å². The number of β-lactam (4-membered cyclic amide) rings is 1. The zero-order valence-electron chi connectivity index (χ0n) is 19.5. The van der Waals surface area contributed by atoms with Crippen molar-refractivity contribution in [3.05, 3.63) is 33.7 Å². The first-order valence-corrected chi connectivity index (χ1v) is 14.1. The number of carbonyl (C=O) groups is 4. The van der Waals surface area contributed by atoms with Gasteiger partial charge < -0.3 is 14.8 Å². The number of thiophene rings is 1. The Morgan fingerprint density at radius 3 is 2.50 bits per heavy atom. The summed E-state index contributed by atoms with van der Waals surface area (Å²) < 4.78 is 21.8. The van der Waals surface area contributed by atoms with E-state index in [4.69, 9.17) is 44.3 Å². The van der Waals surface area contributed by atoms with Crippen molar-refractivity contribution in [2.45, 2.75) is 40.2 Å². The second-order valence-corrected chi connectivity index (χ2v) is 13.4. The first kappa shape index (κ1) is 29.9. The van der Waals surface area contributed by atoms with Crippen LogP contribution in [-0.2, 0) is 45.9 Å². The van der Waals surface area contributed by atoms with Crippen LogP contribution in [0.5, 0.6) is 0 Å². The number of carbonyl (C=O) groups excluding carboxylic acids is 4. The Morgan fingerprint density at radius 2 is 1.95 bits per heavy atom. The molecule has 0 saturated carbocycles. The lowest BCUT2D eigenvalue weighted by Crippen LogP contribution is -2.74. The molecule has 1 saturated heterocycles. The fraction of sp³-hybridized carbons (Fsp3) is 0.455. The smallest absolute Gasteiger partial charge is 0.355 e. The van der Waals surface area contributed by atoms with E-state index in [1.165, 1.54) is 11.3 Å². The summed E-state index contributed by atoms with van der Waals surface area (Å²) in [6.45, 7) is -0.193. The second-order valence-electron chi connectivity index (χ2n) is 8.11. The van der Waals surface area contributed by atoms with Crippen LogP contribution in [0.2, 0.25) is 0 Å². The summed E-state index contributed by atoms with van der Waals surface area (Å²) in [5.41, 5.74) is -0.519. The third kappa shape index (κ3) is 6.84. The summed E-state index contributed by atoms with van der Waals surface area (Å²) in [7, 11) is -2.04. The highest BCUT2D eigenvalue weighted by atomic mass is 35.6. The van der Waals surface area contributed by atoms with Crippen LogP contribution in [0, 0.1) is 28.6 Å². The van der Waals surface area contributed by atoms with E-state index in [2.05, 4.69) is 5.32 Å². The summed E-state index contributed by atoms with van der Waals surface area (Å²) in [5, 5.41) is 20.6. The van der Waals surface area contributed by atoms with Gasteiger partial charge in [-0.1, -0.05) is 40.9 Å². The summed E-state index contributed by atoms with van der Waals surface area (Å²) >= 11 is 18.4. The zero-order valence-corrected chi connectivity index (χ0v) is 23.4. The maximum Gasteiger partial charge on any atom is 0.355 e. The summed E-state index contributed by atoms with van der Waals surface area (Å²) in [4.78, 5) is 52.1. The molecule has 1 aromatic heterocycles. The van der Waals surface area contributed by atoms with Crippen LogP contribution < -0.4 is 5.32 Å². The second kappa shape index (κ2) is 12.5. The van der Waals surface area contributed by atoms with Crippen molar-refractivity contribution in [2.24, 2.45) is 5.92 Å². The Kier molecular flexibility index (Phi) is 9.79. The Hall–Kier alpha value is -2.68. The predicted octanol–water partition coefficient (Wildman–Crippen LogP) is 1.86. The third-order valence-corrected chi connectivity index (χ3v) is 8.68. The molecule has 202 valence electrons. The molecule has 0 radical (unpaired) electrons. The van der Waals surface area contributed by atoms with Crippen molar-refractivity contribution >= 4 is 80.7 Å². The average Bonchev–Trinajstić information content (AvgIpc) is 3.36. The van der Waals surface area contributed by atoms with Gasteiger partial charge in [-0.2, -0.15) is 10.5 Å². The standard InChI is InChI=1S/C22H19Cl3N4O7S2/c1-11(30)35-9-14-15(5-12(7-26)8-27)38(34)20-17(28-16(31)6-13-3-2-4-37-13)19(32)29(20)18(14)21(33)36-10-22(23,24)25/h2-4,12,15,17,20H,5-6,9-10H2,1H3,(H,28,31)/t15?,17?,20-,38?/m0/s1. The molecule has 3 rings (SSSR count). The van der Waals surface area contributed by atoms with Gasteiger partial charge in [-0.25, -0.2) is 4.79 Å². The number of nitrogens with one attached hydrogen (secondary N) is 1. The summed E-state index contributed by atoms with van der Waals surface area (Å²) in [6.07, 6.45) is -0.341. The fourth-order valence-corrected chi connectivity index (χ4v) is 6.77. The SMILES string of the molecule is CC(=O)OCC1=C(C(=O)OCC(Cl)(Cl)Cl)N2C(=O)C(NC(=O)Cc3cccs3)[C@@H]2S(=O)C1CC(C#N)C#N. The van der Waals surface area contributed by atoms with Crippen LogP contribution >= 0.6 is 46.1 Å². The highest BCUT2D eigenvalue weighted by molar-refractivity contribution is 7.86. The number of amides is 2. The maximum atomic E-state index is 13.7. The van der Waals surface area contributed by atoms with Gasteiger partial charge in [-0.15, -0.1) is 11.3 Å². The number of rotatable bonds is 9. The molecule has 2 aliphatic heterocycles. The molecule has 0 aliphatic carbocycles. The number of hydrogen-bond donors (Lipinski definition) is 1. The largest absolute Gasteiger partial charge is 0.461 e. The molecule has 16 heteroatoms. The number of ether oxygens (including phenoxy) is 2. The molecule has 3 unspecified atom stereocenters. The quantitative estimate of drug-likeness (QED) is 0.246. The first-order chi connectivity index (χ1) is 17.9. The van der Waals surface area contributed by atoms with Crippen LogP contribution in [0.15, 0.2) is 28.8 Å². The monoisotopic (exact) mass is 620 g/mol. The fourth-order valence-electron chi connectivity index (χ4n) is 3.86. The van der Waals surface area contributed by atoms with Crippen molar-refractivity contribution in [1.82, 2.24) is 10.2 Å². The number of alkyl halides is 3.